The molecule has 0 aliphatic heterocycles. The second-order valence-electron chi connectivity index (χ2n) is 4.91. The van der Waals surface area contributed by atoms with Crippen LogP contribution in [-0.2, 0) is 19.1 Å². The van der Waals surface area contributed by atoms with Crippen LogP contribution in [-0.4, -0.2) is 43.7 Å². The predicted molar refractivity (Wildman–Crippen MR) is 79.3 cm³/mol. The number of hydrogen-bond acceptors (Lipinski definition) is 5. The normalized spacial score (nSPS) is 11.9. The van der Waals surface area contributed by atoms with Gasteiger partial charge in [0.15, 0.2) is 0 Å². The highest BCUT2D eigenvalue weighted by Crippen LogP contribution is 2.26. The number of hydrogen-bond donors (Lipinski definition) is 0. The number of aryl methyl sites for hydroxylation is 3. The summed E-state index contributed by atoms with van der Waals surface area (Å²) in [6, 6.07) is 1.12. The van der Waals surface area contributed by atoms with Crippen molar-refractivity contribution in [2.45, 2.75) is 33.7 Å². The quantitative estimate of drug-likeness (QED) is 0.771. The summed E-state index contributed by atoms with van der Waals surface area (Å²) in [6.07, 6.45) is 0. The molecule has 1 heterocycles. The van der Waals surface area contributed by atoms with E-state index in [2.05, 4.69) is 4.98 Å². The second-order valence-corrected chi connectivity index (χ2v) is 4.91. The molecule has 0 N–H and O–H groups in total. The van der Waals surface area contributed by atoms with Gasteiger partial charge in [-0.25, -0.2) is 4.79 Å². The van der Waals surface area contributed by atoms with Crippen LogP contribution in [0.3, 0.4) is 0 Å². The van der Waals surface area contributed by atoms with Gasteiger partial charge in [0.2, 0.25) is 0 Å². The molecule has 0 fully saturated rings. The van der Waals surface area contributed by atoms with Crippen molar-refractivity contribution in [1.82, 2.24) is 4.98 Å². The van der Waals surface area contributed by atoms with Gasteiger partial charge < -0.3 is 9.47 Å². The van der Waals surface area contributed by atoms with E-state index >= 15 is 0 Å². The first-order chi connectivity index (χ1) is 9.83. The average Bonchev–Trinajstić information content (AvgIpc) is 2.41. The van der Waals surface area contributed by atoms with Crippen LogP contribution < -0.4 is 4.90 Å². The van der Waals surface area contributed by atoms with Crippen molar-refractivity contribution in [3.05, 3.63) is 23.0 Å². The van der Waals surface area contributed by atoms with Crippen LogP contribution >= 0.6 is 0 Å². The summed E-state index contributed by atoms with van der Waals surface area (Å²) >= 11 is 0. The van der Waals surface area contributed by atoms with Gasteiger partial charge in [-0.3, -0.25) is 14.7 Å². The van der Waals surface area contributed by atoms with Crippen LogP contribution in [0.4, 0.5) is 5.69 Å². The Morgan fingerprint density at radius 2 is 1.90 bits per heavy atom. The number of nitrogens with zero attached hydrogens (tertiary/aromatic N) is 2. The van der Waals surface area contributed by atoms with Crippen molar-refractivity contribution in [2.24, 2.45) is 0 Å². The number of ether oxygens (including phenoxy) is 2. The summed E-state index contributed by atoms with van der Waals surface area (Å²) in [4.78, 5) is 30.0. The lowest BCUT2D eigenvalue weighted by atomic mass is 10.1. The number of carbonyl (C=O) groups is 2. The van der Waals surface area contributed by atoms with Gasteiger partial charge in [0.1, 0.15) is 12.6 Å². The van der Waals surface area contributed by atoms with Crippen LogP contribution in [0.15, 0.2) is 6.07 Å². The standard InChI is InChI=1S/C15H22N2O4/c1-9-7-10(2)16-11(3)14(9)17(13(18)8-20-5)12(4)15(19)21-6/h7,12H,8H2,1-6H3/t12-/m0/s1. The molecule has 0 aliphatic carbocycles. The predicted octanol–water partition coefficient (Wildman–Crippen LogP) is 1.55. The Labute approximate surface area is 125 Å². The van der Waals surface area contributed by atoms with E-state index in [0.717, 1.165) is 11.3 Å². The van der Waals surface area contributed by atoms with E-state index in [4.69, 9.17) is 9.47 Å². The zero-order valence-corrected chi connectivity index (χ0v) is 13.4. The van der Waals surface area contributed by atoms with E-state index in [-0.39, 0.29) is 12.5 Å². The van der Waals surface area contributed by atoms with E-state index in [1.54, 1.807) is 6.92 Å². The maximum atomic E-state index is 12.4. The summed E-state index contributed by atoms with van der Waals surface area (Å²) < 4.78 is 9.66. The highest BCUT2D eigenvalue weighted by atomic mass is 16.5. The SMILES string of the molecule is COCC(=O)N(c1c(C)cc(C)nc1C)[C@@H](C)C(=O)OC. The number of amides is 1. The molecule has 1 aromatic rings. The van der Waals surface area contributed by atoms with Crippen molar-refractivity contribution in [3.8, 4) is 0 Å². The first-order valence-corrected chi connectivity index (χ1v) is 6.67. The number of carbonyl (C=O) groups excluding carboxylic acids is 2. The van der Waals surface area contributed by atoms with Gasteiger partial charge in [0, 0.05) is 12.8 Å². The minimum absolute atomic E-state index is 0.117. The summed E-state index contributed by atoms with van der Waals surface area (Å²) in [7, 11) is 2.73. The van der Waals surface area contributed by atoms with Crippen LogP contribution in [0.1, 0.15) is 23.9 Å². The second kappa shape index (κ2) is 7.17. The topological polar surface area (TPSA) is 68.7 Å². The largest absolute Gasteiger partial charge is 0.467 e. The Hall–Kier alpha value is -1.95. The molecule has 1 aromatic heterocycles. The van der Waals surface area contributed by atoms with Gasteiger partial charge in [0.05, 0.1) is 18.5 Å². The molecule has 0 saturated heterocycles. The zero-order valence-electron chi connectivity index (χ0n) is 13.4. The number of pyridine rings is 1. The Balaban J connectivity index is 3.37. The van der Waals surface area contributed by atoms with Crippen molar-refractivity contribution in [2.75, 3.05) is 25.7 Å². The van der Waals surface area contributed by atoms with Crippen molar-refractivity contribution in [3.63, 3.8) is 0 Å². The molecule has 0 radical (unpaired) electrons. The van der Waals surface area contributed by atoms with Crippen molar-refractivity contribution < 1.29 is 19.1 Å². The molecule has 0 aliphatic rings. The first kappa shape index (κ1) is 17.1. The third kappa shape index (κ3) is 3.78. The van der Waals surface area contributed by atoms with Crippen LogP contribution in [0, 0.1) is 20.8 Å². The Bertz CT molecular complexity index is 519. The van der Waals surface area contributed by atoms with Crippen LogP contribution in [0.2, 0.25) is 0 Å². The molecule has 0 bridgehead atoms. The van der Waals surface area contributed by atoms with Crippen LogP contribution in [0.5, 0.6) is 0 Å². The average molecular weight is 294 g/mol. The van der Waals surface area contributed by atoms with Crippen LogP contribution in [0.25, 0.3) is 0 Å². The minimum Gasteiger partial charge on any atom is -0.467 e. The monoisotopic (exact) mass is 294 g/mol. The molecular weight excluding hydrogens is 272 g/mol. The molecule has 0 spiro atoms. The summed E-state index contributed by atoms with van der Waals surface area (Å²) in [6.45, 7) is 7.08. The molecular formula is C15H22N2O4. The molecule has 0 saturated carbocycles. The lowest BCUT2D eigenvalue weighted by Crippen LogP contribution is -2.46. The highest BCUT2D eigenvalue weighted by Gasteiger charge is 2.30. The number of methoxy groups -OCH3 is 2. The molecule has 1 rings (SSSR count). The molecule has 116 valence electrons. The first-order valence-electron chi connectivity index (χ1n) is 6.67. The van der Waals surface area contributed by atoms with Gasteiger partial charge in [-0.1, -0.05) is 0 Å². The number of rotatable bonds is 5. The smallest absolute Gasteiger partial charge is 0.328 e. The zero-order chi connectivity index (χ0) is 16.2. The van der Waals surface area contributed by atoms with E-state index in [0.29, 0.717) is 11.4 Å². The summed E-state index contributed by atoms with van der Waals surface area (Å²) in [5.41, 5.74) is 3.05. The van der Waals surface area contributed by atoms with Gasteiger partial charge in [0.25, 0.3) is 5.91 Å². The van der Waals surface area contributed by atoms with Gasteiger partial charge in [-0.2, -0.15) is 0 Å². The minimum atomic E-state index is -0.750. The summed E-state index contributed by atoms with van der Waals surface area (Å²) in [5, 5.41) is 0. The fourth-order valence-corrected chi connectivity index (χ4v) is 2.38. The fraction of sp³-hybridized carbons (Fsp3) is 0.533. The van der Waals surface area contributed by atoms with Gasteiger partial charge >= 0.3 is 5.97 Å². The number of aromatic nitrogens is 1. The molecule has 6 nitrogen and oxygen atoms in total. The Morgan fingerprint density at radius 1 is 1.29 bits per heavy atom. The summed E-state index contributed by atoms with van der Waals surface area (Å²) in [5.74, 6) is -0.800. The Morgan fingerprint density at radius 3 is 2.38 bits per heavy atom. The molecule has 1 amide bonds. The molecule has 0 unspecified atom stereocenters. The van der Waals surface area contributed by atoms with E-state index in [1.807, 2.05) is 26.8 Å². The molecule has 0 aromatic carbocycles. The van der Waals surface area contributed by atoms with Crippen molar-refractivity contribution >= 4 is 17.6 Å². The maximum absolute atomic E-state index is 12.4. The van der Waals surface area contributed by atoms with E-state index < -0.39 is 12.0 Å². The third-order valence-corrected chi connectivity index (χ3v) is 3.19. The maximum Gasteiger partial charge on any atom is 0.328 e. The molecule has 1 atom stereocenters. The number of anilines is 1. The lowest BCUT2D eigenvalue weighted by Gasteiger charge is -2.30. The lowest BCUT2D eigenvalue weighted by molar-refractivity contribution is -0.143. The van der Waals surface area contributed by atoms with E-state index in [1.165, 1.54) is 19.1 Å². The number of esters is 1. The Kier molecular flexibility index (Phi) is 5.84. The van der Waals surface area contributed by atoms with E-state index in [9.17, 15) is 9.59 Å². The highest BCUT2D eigenvalue weighted by molar-refractivity contribution is 6.01. The fourth-order valence-electron chi connectivity index (χ4n) is 2.38. The van der Waals surface area contributed by atoms with Crippen molar-refractivity contribution in [1.29, 1.82) is 0 Å². The third-order valence-electron chi connectivity index (χ3n) is 3.19. The van der Waals surface area contributed by atoms with Gasteiger partial charge in [-0.15, -0.1) is 0 Å². The molecule has 6 heteroatoms. The van der Waals surface area contributed by atoms with Gasteiger partial charge in [-0.05, 0) is 39.3 Å². The molecule has 21 heavy (non-hydrogen) atoms.